The van der Waals surface area contributed by atoms with Crippen LogP contribution in [0, 0.1) is 0 Å². The predicted octanol–water partition coefficient (Wildman–Crippen LogP) is 3.79. The van der Waals surface area contributed by atoms with E-state index in [9.17, 15) is 9.59 Å². The van der Waals surface area contributed by atoms with Crippen LogP contribution < -0.4 is 10.2 Å². The predicted molar refractivity (Wildman–Crippen MR) is 118 cm³/mol. The maximum Gasteiger partial charge on any atom is 0.258 e. The molecule has 2 heterocycles. The van der Waals surface area contributed by atoms with Crippen LogP contribution in [0.25, 0.3) is 0 Å². The van der Waals surface area contributed by atoms with Gasteiger partial charge in [-0.25, -0.2) is 0 Å². The van der Waals surface area contributed by atoms with Crippen LogP contribution in [-0.4, -0.2) is 38.9 Å². The number of aromatic nitrogens is 3. The van der Waals surface area contributed by atoms with E-state index in [2.05, 4.69) is 21.6 Å². The van der Waals surface area contributed by atoms with E-state index in [1.54, 1.807) is 30.6 Å². The highest BCUT2D eigenvalue weighted by Crippen LogP contribution is 2.29. The molecule has 0 atom stereocenters. The number of carbonyl (C=O) groups excluding carboxylic acids is 2. The van der Waals surface area contributed by atoms with Gasteiger partial charge in [0.15, 0.2) is 5.16 Å². The van der Waals surface area contributed by atoms with Gasteiger partial charge in [0.1, 0.15) is 6.33 Å². The lowest BCUT2D eigenvalue weighted by Crippen LogP contribution is -2.28. The summed E-state index contributed by atoms with van der Waals surface area (Å²) in [7, 11) is 0. The summed E-state index contributed by atoms with van der Waals surface area (Å²) in [6, 6.07) is 15.2. The van der Waals surface area contributed by atoms with E-state index in [4.69, 9.17) is 0 Å². The number of carbonyl (C=O) groups is 2. The number of nitrogens with zero attached hydrogens (tertiary/aromatic N) is 4. The first-order valence-electron chi connectivity index (χ1n) is 9.85. The molecule has 0 spiro atoms. The molecular formula is C22H23N5O2S. The topological polar surface area (TPSA) is 80.1 Å². The number of rotatable bonds is 6. The van der Waals surface area contributed by atoms with Gasteiger partial charge in [-0.05, 0) is 56.2 Å². The van der Waals surface area contributed by atoms with Gasteiger partial charge < -0.3 is 14.8 Å². The Balaban J connectivity index is 1.35. The Morgan fingerprint density at radius 2 is 1.90 bits per heavy atom. The summed E-state index contributed by atoms with van der Waals surface area (Å²) in [5.74, 6) is 0.0728. The molecule has 0 unspecified atom stereocenters. The summed E-state index contributed by atoms with van der Waals surface area (Å²) in [6.45, 7) is 4.77. The number of fused-ring (bicyclic) bond motifs is 1. The van der Waals surface area contributed by atoms with Crippen molar-refractivity contribution >= 4 is 35.0 Å². The molecular weight excluding hydrogens is 398 g/mol. The van der Waals surface area contributed by atoms with Crippen LogP contribution in [0.2, 0.25) is 0 Å². The van der Waals surface area contributed by atoms with Gasteiger partial charge in [0.25, 0.3) is 5.91 Å². The Morgan fingerprint density at radius 3 is 2.67 bits per heavy atom. The summed E-state index contributed by atoms with van der Waals surface area (Å²) in [4.78, 5) is 27.0. The molecule has 2 aromatic carbocycles. The number of anilines is 2. The summed E-state index contributed by atoms with van der Waals surface area (Å²) in [5, 5.41) is 11.5. The molecule has 8 heteroatoms. The molecule has 0 saturated carbocycles. The fourth-order valence-corrected chi connectivity index (χ4v) is 4.26. The van der Waals surface area contributed by atoms with Gasteiger partial charge in [0, 0.05) is 29.5 Å². The van der Waals surface area contributed by atoms with Gasteiger partial charge in [0.05, 0.1) is 5.75 Å². The minimum Gasteiger partial charge on any atom is -0.325 e. The third kappa shape index (κ3) is 4.23. The van der Waals surface area contributed by atoms with E-state index in [0.717, 1.165) is 12.1 Å². The van der Waals surface area contributed by atoms with Crippen molar-refractivity contribution in [1.29, 1.82) is 0 Å². The first-order chi connectivity index (χ1) is 14.5. The minimum absolute atomic E-state index is 0.0265. The van der Waals surface area contributed by atoms with Crippen LogP contribution in [0.3, 0.4) is 0 Å². The summed E-state index contributed by atoms with van der Waals surface area (Å²) < 4.78 is 1.93. The largest absolute Gasteiger partial charge is 0.325 e. The SMILES string of the molecule is CC(C)n1cnnc1SCC(=O)Nc1ccc(C(=O)N2CCc3ccccc32)cc1. The zero-order valence-electron chi connectivity index (χ0n) is 16.9. The average Bonchev–Trinajstić information content (AvgIpc) is 3.39. The first-order valence-corrected chi connectivity index (χ1v) is 10.8. The number of hydrogen-bond donors (Lipinski definition) is 1. The molecule has 0 fully saturated rings. The van der Waals surface area contributed by atoms with Crippen molar-refractivity contribution in [2.45, 2.75) is 31.5 Å². The van der Waals surface area contributed by atoms with Gasteiger partial charge in [-0.2, -0.15) is 0 Å². The van der Waals surface area contributed by atoms with Crippen LogP contribution in [0.1, 0.15) is 35.8 Å². The maximum atomic E-state index is 12.9. The second-order valence-electron chi connectivity index (χ2n) is 7.36. The standard InChI is InChI=1S/C22H23N5O2S/c1-15(2)27-14-23-25-22(27)30-13-20(28)24-18-9-7-17(8-10-18)21(29)26-12-11-16-5-3-4-6-19(16)26/h3-10,14-15H,11-13H2,1-2H3,(H,24,28). The Kier molecular flexibility index (Phi) is 5.85. The quantitative estimate of drug-likeness (QED) is 0.613. The van der Waals surface area contributed by atoms with Crippen LogP contribution in [-0.2, 0) is 11.2 Å². The molecule has 1 aliphatic rings. The Labute approximate surface area is 179 Å². The van der Waals surface area contributed by atoms with Gasteiger partial charge in [-0.15, -0.1) is 10.2 Å². The summed E-state index contributed by atoms with van der Waals surface area (Å²) >= 11 is 1.34. The molecule has 1 aliphatic heterocycles. The Bertz CT molecular complexity index is 1060. The third-order valence-corrected chi connectivity index (χ3v) is 5.93. The number of thioether (sulfide) groups is 1. The molecule has 4 rings (SSSR count). The molecule has 0 saturated heterocycles. The third-order valence-electron chi connectivity index (χ3n) is 4.98. The highest BCUT2D eigenvalue weighted by atomic mass is 32.2. The Morgan fingerprint density at radius 1 is 1.13 bits per heavy atom. The number of para-hydroxylation sites is 1. The van der Waals surface area contributed by atoms with Crippen molar-refractivity contribution in [3.63, 3.8) is 0 Å². The van der Waals surface area contributed by atoms with Gasteiger partial charge in [0.2, 0.25) is 5.91 Å². The summed E-state index contributed by atoms with van der Waals surface area (Å²) in [6.07, 6.45) is 2.54. The van der Waals surface area contributed by atoms with Crippen molar-refractivity contribution in [1.82, 2.24) is 14.8 Å². The normalized spacial score (nSPS) is 12.8. The monoisotopic (exact) mass is 421 g/mol. The van der Waals surface area contributed by atoms with Crippen molar-refractivity contribution in [2.75, 3.05) is 22.5 Å². The van der Waals surface area contributed by atoms with Crippen LogP contribution >= 0.6 is 11.8 Å². The van der Waals surface area contributed by atoms with Crippen molar-refractivity contribution in [3.8, 4) is 0 Å². The average molecular weight is 422 g/mol. The maximum absolute atomic E-state index is 12.9. The fourth-order valence-electron chi connectivity index (χ4n) is 3.42. The van der Waals surface area contributed by atoms with Crippen molar-refractivity contribution in [3.05, 3.63) is 66.0 Å². The minimum atomic E-state index is -0.133. The zero-order valence-corrected chi connectivity index (χ0v) is 17.7. The van der Waals surface area contributed by atoms with Gasteiger partial charge in [-0.3, -0.25) is 9.59 Å². The van der Waals surface area contributed by atoms with E-state index < -0.39 is 0 Å². The highest BCUT2D eigenvalue weighted by molar-refractivity contribution is 7.99. The fraction of sp³-hybridized carbons (Fsp3) is 0.273. The molecule has 154 valence electrons. The second-order valence-corrected chi connectivity index (χ2v) is 8.31. The van der Waals surface area contributed by atoms with Crippen molar-refractivity contribution in [2.24, 2.45) is 0 Å². The van der Waals surface area contributed by atoms with E-state index in [-0.39, 0.29) is 23.6 Å². The number of nitrogens with one attached hydrogen (secondary N) is 1. The molecule has 1 N–H and O–H groups in total. The molecule has 2 amide bonds. The van der Waals surface area contributed by atoms with Crippen molar-refractivity contribution < 1.29 is 9.59 Å². The lowest BCUT2D eigenvalue weighted by molar-refractivity contribution is -0.113. The van der Waals surface area contributed by atoms with Crippen LogP contribution in [0.5, 0.6) is 0 Å². The van der Waals surface area contributed by atoms with E-state index >= 15 is 0 Å². The Hall–Kier alpha value is -3.13. The van der Waals surface area contributed by atoms with E-state index in [0.29, 0.717) is 23.0 Å². The van der Waals surface area contributed by atoms with Gasteiger partial charge >= 0.3 is 0 Å². The van der Waals surface area contributed by atoms with Crippen LogP contribution in [0.4, 0.5) is 11.4 Å². The molecule has 0 radical (unpaired) electrons. The lowest BCUT2D eigenvalue weighted by atomic mass is 10.1. The van der Waals surface area contributed by atoms with E-state index in [1.165, 1.54) is 17.3 Å². The number of amides is 2. The van der Waals surface area contributed by atoms with E-state index in [1.807, 2.05) is 41.5 Å². The smallest absolute Gasteiger partial charge is 0.258 e. The molecule has 1 aromatic heterocycles. The molecule has 0 aliphatic carbocycles. The number of hydrogen-bond acceptors (Lipinski definition) is 5. The first kappa shape index (κ1) is 20.2. The second kappa shape index (κ2) is 8.71. The molecule has 7 nitrogen and oxygen atoms in total. The summed E-state index contributed by atoms with van der Waals surface area (Å²) in [5.41, 5.74) is 3.43. The molecule has 3 aromatic rings. The lowest BCUT2D eigenvalue weighted by Gasteiger charge is -2.17. The van der Waals surface area contributed by atoms with Gasteiger partial charge in [-0.1, -0.05) is 30.0 Å². The number of benzene rings is 2. The molecule has 30 heavy (non-hydrogen) atoms. The highest BCUT2D eigenvalue weighted by Gasteiger charge is 2.25. The van der Waals surface area contributed by atoms with Crippen LogP contribution in [0.15, 0.2) is 60.0 Å². The molecule has 0 bridgehead atoms. The zero-order chi connectivity index (χ0) is 21.1.